The molecule has 4 N–H and O–H groups in total. The molecule has 0 fully saturated rings. The predicted molar refractivity (Wildman–Crippen MR) is 89.9 cm³/mol. The molecule has 0 aliphatic rings. The number of nitrogens with two attached hydrogens (primary N) is 2. The average molecular weight is 270 g/mol. The van der Waals surface area contributed by atoms with Gasteiger partial charge in [-0.3, -0.25) is 0 Å². The van der Waals surface area contributed by atoms with Crippen molar-refractivity contribution < 1.29 is 0 Å². The number of aryl methyl sites for hydroxylation is 1. The second-order valence-corrected chi connectivity index (χ2v) is 5.64. The van der Waals surface area contributed by atoms with Gasteiger partial charge >= 0.3 is 0 Å². The molecule has 0 aromatic heterocycles. The molecule has 0 unspecified atom stereocenters. The van der Waals surface area contributed by atoms with Crippen molar-refractivity contribution in [3.63, 3.8) is 0 Å². The number of unbranched alkanes of at least 4 members (excludes halogenated alkanes) is 5. The zero-order chi connectivity index (χ0) is 14.4. The molecule has 20 heavy (non-hydrogen) atoms. The van der Waals surface area contributed by atoms with Gasteiger partial charge in [0.25, 0.3) is 0 Å². The number of fused-ring (bicyclic) bond motifs is 1. The van der Waals surface area contributed by atoms with Gasteiger partial charge in [0.2, 0.25) is 0 Å². The zero-order valence-corrected chi connectivity index (χ0v) is 12.5. The van der Waals surface area contributed by atoms with Crippen molar-refractivity contribution in [3.05, 3.63) is 35.9 Å². The van der Waals surface area contributed by atoms with Gasteiger partial charge in [0.05, 0.1) is 11.4 Å². The minimum atomic E-state index is 0.668. The third-order valence-electron chi connectivity index (χ3n) is 3.98. The predicted octanol–water partition coefficient (Wildman–Crippen LogP) is 4.91. The molecule has 0 atom stereocenters. The van der Waals surface area contributed by atoms with Crippen molar-refractivity contribution in [1.82, 2.24) is 0 Å². The summed E-state index contributed by atoms with van der Waals surface area (Å²) in [5, 5.41) is 2.26. The summed E-state index contributed by atoms with van der Waals surface area (Å²) >= 11 is 0. The van der Waals surface area contributed by atoms with Crippen LogP contribution in [-0.4, -0.2) is 0 Å². The lowest BCUT2D eigenvalue weighted by molar-refractivity contribution is 0.607. The molecule has 0 spiro atoms. The smallest absolute Gasteiger partial charge is 0.0627 e. The van der Waals surface area contributed by atoms with Gasteiger partial charge in [-0.2, -0.15) is 0 Å². The Balaban J connectivity index is 1.93. The Bertz CT molecular complexity index is 561. The molecule has 2 heteroatoms. The van der Waals surface area contributed by atoms with E-state index in [4.69, 9.17) is 11.5 Å². The fourth-order valence-electron chi connectivity index (χ4n) is 2.69. The van der Waals surface area contributed by atoms with E-state index >= 15 is 0 Å². The topological polar surface area (TPSA) is 52.0 Å². The van der Waals surface area contributed by atoms with E-state index in [9.17, 15) is 0 Å². The van der Waals surface area contributed by atoms with Gasteiger partial charge in [-0.1, -0.05) is 63.3 Å². The molecule has 0 aliphatic carbocycles. The summed E-state index contributed by atoms with van der Waals surface area (Å²) in [7, 11) is 0. The second-order valence-electron chi connectivity index (χ2n) is 5.64. The van der Waals surface area contributed by atoms with E-state index < -0.39 is 0 Å². The summed E-state index contributed by atoms with van der Waals surface area (Å²) in [6, 6.07) is 10.5. The fraction of sp³-hybridized carbons (Fsp3) is 0.444. The molecule has 2 aromatic rings. The number of hydrogen-bond acceptors (Lipinski definition) is 2. The van der Waals surface area contributed by atoms with Crippen LogP contribution in [0.1, 0.15) is 51.0 Å². The molecule has 108 valence electrons. The highest BCUT2D eigenvalue weighted by Gasteiger charge is 2.03. The van der Waals surface area contributed by atoms with Crippen LogP contribution in [-0.2, 0) is 6.42 Å². The van der Waals surface area contributed by atoms with Gasteiger partial charge in [0.15, 0.2) is 0 Å². The standard InChI is InChI=1S/C18H26N2/c1-2-3-4-5-6-7-8-14-9-11-16-15(13-14)10-12-17(19)18(16)20/h9-13H,2-8,19-20H2,1H3. The number of nitrogen functional groups attached to an aromatic ring is 2. The Kier molecular flexibility index (Phi) is 5.28. The summed E-state index contributed by atoms with van der Waals surface area (Å²) in [6.45, 7) is 2.26. The quantitative estimate of drug-likeness (QED) is 0.555. The van der Waals surface area contributed by atoms with Gasteiger partial charge in [-0.05, 0) is 29.9 Å². The normalized spacial score (nSPS) is 11.1. The molecule has 0 radical (unpaired) electrons. The van der Waals surface area contributed by atoms with Crippen molar-refractivity contribution in [2.24, 2.45) is 0 Å². The van der Waals surface area contributed by atoms with Crippen LogP contribution in [0.4, 0.5) is 11.4 Å². The molecular weight excluding hydrogens is 244 g/mol. The van der Waals surface area contributed by atoms with E-state index in [1.54, 1.807) is 0 Å². The highest BCUT2D eigenvalue weighted by molar-refractivity contribution is 5.98. The van der Waals surface area contributed by atoms with Gasteiger partial charge in [-0.25, -0.2) is 0 Å². The summed E-state index contributed by atoms with van der Waals surface area (Å²) in [5.74, 6) is 0. The third-order valence-corrected chi connectivity index (χ3v) is 3.98. The first kappa shape index (κ1) is 14.7. The maximum Gasteiger partial charge on any atom is 0.0627 e. The highest BCUT2D eigenvalue weighted by Crippen LogP contribution is 2.27. The van der Waals surface area contributed by atoms with Crippen LogP contribution >= 0.6 is 0 Å². The van der Waals surface area contributed by atoms with E-state index in [-0.39, 0.29) is 0 Å². The second kappa shape index (κ2) is 7.18. The van der Waals surface area contributed by atoms with Gasteiger partial charge in [0.1, 0.15) is 0 Å². The molecule has 0 aliphatic heterocycles. The van der Waals surface area contributed by atoms with Crippen LogP contribution < -0.4 is 11.5 Å². The Hall–Kier alpha value is -1.70. The molecular formula is C18H26N2. The molecule has 0 amide bonds. The first-order valence-corrected chi connectivity index (χ1v) is 7.79. The lowest BCUT2D eigenvalue weighted by Crippen LogP contribution is -1.95. The maximum atomic E-state index is 6.01. The highest BCUT2D eigenvalue weighted by atomic mass is 14.7. The van der Waals surface area contributed by atoms with Crippen LogP contribution in [0.2, 0.25) is 0 Å². The van der Waals surface area contributed by atoms with Crippen LogP contribution in [0.3, 0.4) is 0 Å². The molecule has 2 aromatic carbocycles. The van der Waals surface area contributed by atoms with Crippen LogP contribution in [0, 0.1) is 0 Å². The van der Waals surface area contributed by atoms with Crippen LogP contribution in [0.25, 0.3) is 10.8 Å². The third kappa shape index (κ3) is 3.66. The summed E-state index contributed by atoms with van der Waals surface area (Å²) < 4.78 is 0. The zero-order valence-electron chi connectivity index (χ0n) is 12.5. The Morgan fingerprint density at radius 3 is 2.40 bits per heavy atom. The Morgan fingerprint density at radius 2 is 1.60 bits per heavy atom. The van der Waals surface area contributed by atoms with E-state index in [0.717, 1.165) is 11.8 Å². The molecule has 2 rings (SSSR count). The minimum absolute atomic E-state index is 0.668. The number of rotatable bonds is 7. The molecule has 0 saturated heterocycles. The summed E-state index contributed by atoms with van der Waals surface area (Å²) in [6.07, 6.45) is 9.20. The van der Waals surface area contributed by atoms with E-state index in [1.807, 2.05) is 6.07 Å². The lowest BCUT2D eigenvalue weighted by Gasteiger charge is -2.08. The van der Waals surface area contributed by atoms with Gasteiger partial charge in [-0.15, -0.1) is 0 Å². The van der Waals surface area contributed by atoms with Crippen molar-refractivity contribution in [2.45, 2.75) is 51.9 Å². The van der Waals surface area contributed by atoms with Crippen molar-refractivity contribution in [3.8, 4) is 0 Å². The number of anilines is 2. The number of hydrogen-bond donors (Lipinski definition) is 2. The number of benzene rings is 2. The van der Waals surface area contributed by atoms with Crippen LogP contribution in [0.5, 0.6) is 0 Å². The lowest BCUT2D eigenvalue weighted by atomic mass is 10.0. The van der Waals surface area contributed by atoms with Crippen molar-refractivity contribution in [1.29, 1.82) is 0 Å². The summed E-state index contributed by atoms with van der Waals surface area (Å²) in [5.41, 5.74) is 14.6. The Morgan fingerprint density at radius 1 is 0.850 bits per heavy atom. The van der Waals surface area contributed by atoms with E-state index in [2.05, 4.69) is 31.2 Å². The molecule has 2 nitrogen and oxygen atoms in total. The van der Waals surface area contributed by atoms with Crippen molar-refractivity contribution in [2.75, 3.05) is 11.5 Å². The average Bonchev–Trinajstić information content (AvgIpc) is 2.47. The first-order chi connectivity index (χ1) is 9.72. The largest absolute Gasteiger partial charge is 0.397 e. The molecule has 0 heterocycles. The molecule has 0 saturated carbocycles. The SMILES string of the molecule is CCCCCCCCc1ccc2c(N)c(N)ccc2c1. The summed E-state index contributed by atoms with van der Waals surface area (Å²) in [4.78, 5) is 0. The van der Waals surface area contributed by atoms with Gasteiger partial charge in [0, 0.05) is 5.39 Å². The first-order valence-electron chi connectivity index (χ1n) is 7.79. The van der Waals surface area contributed by atoms with E-state index in [0.29, 0.717) is 11.4 Å². The monoisotopic (exact) mass is 270 g/mol. The minimum Gasteiger partial charge on any atom is -0.397 e. The molecule has 0 bridgehead atoms. The Labute approximate surface area is 122 Å². The maximum absolute atomic E-state index is 6.01. The van der Waals surface area contributed by atoms with Crippen LogP contribution in [0.15, 0.2) is 30.3 Å². The van der Waals surface area contributed by atoms with Crippen molar-refractivity contribution >= 4 is 22.1 Å². The van der Waals surface area contributed by atoms with Gasteiger partial charge < -0.3 is 11.5 Å². The van der Waals surface area contributed by atoms with E-state index in [1.165, 1.54) is 49.5 Å². The fourth-order valence-corrected chi connectivity index (χ4v) is 2.69.